The van der Waals surface area contributed by atoms with Crippen LogP contribution in [0.4, 0.5) is 5.82 Å². The second kappa shape index (κ2) is 5.65. The van der Waals surface area contributed by atoms with Gasteiger partial charge in [0.25, 0.3) is 0 Å². The van der Waals surface area contributed by atoms with Gasteiger partial charge >= 0.3 is 0 Å². The standard InChI is InChI=1S/C11H20N4O/c1-7(2)12-6-5-10(16)13-11-8(3)9(4)14-15-11/h7,12H,5-6H2,1-4H3,(H2,13,14,15,16). The molecule has 0 saturated carbocycles. The molecule has 1 heterocycles. The Labute approximate surface area is 96.0 Å². The Balaban J connectivity index is 2.37. The van der Waals surface area contributed by atoms with Gasteiger partial charge in [0.15, 0.2) is 5.82 Å². The Morgan fingerprint density at radius 3 is 2.62 bits per heavy atom. The lowest BCUT2D eigenvalue weighted by atomic mass is 10.2. The number of aromatic nitrogens is 2. The van der Waals surface area contributed by atoms with Gasteiger partial charge in [-0.3, -0.25) is 9.89 Å². The fourth-order valence-corrected chi connectivity index (χ4v) is 1.28. The number of hydrogen-bond donors (Lipinski definition) is 3. The van der Waals surface area contributed by atoms with Gasteiger partial charge in [0.2, 0.25) is 5.91 Å². The predicted molar refractivity (Wildman–Crippen MR) is 64.4 cm³/mol. The van der Waals surface area contributed by atoms with E-state index in [1.807, 2.05) is 13.8 Å². The molecule has 0 saturated heterocycles. The van der Waals surface area contributed by atoms with Crippen molar-refractivity contribution in [1.82, 2.24) is 15.5 Å². The van der Waals surface area contributed by atoms with E-state index in [2.05, 4.69) is 34.7 Å². The molecule has 16 heavy (non-hydrogen) atoms. The molecule has 5 heteroatoms. The molecule has 0 aliphatic heterocycles. The zero-order valence-corrected chi connectivity index (χ0v) is 10.3. The lowest BCUT2D eigenvalue weighted by Gasteiger charge is -2.07. The van der Waals surface area contributed by atoms with Crippen LogP contribution in [0, 0.1) is 13.8 Å². The van der Waals surface area contributed by atoms with Gasteiger partial charge in [-0.15, -0.1) is 0 Å². The van der Waals surface area contributed by atoms with Gasteiger partial charge in [-0.25, -0.2) is 0 Å². The molecule has 0 bridgehead atoms. The van der Waals surface area contributed by atoms with Crippen LogP contribution in [0.1, 0.15) is 31.5 Å². The highest BCUT2D eigenvalue weighted by Gasteiger charge is 2.08. The number of aromatic amines is 1. The normalized spacial score (nSPS) is 10.8. The zero-order valence-electron chi connectivity index (χ0n) is 10.3. The number of hydrogen-bond acceptors (Lipinski definition) is 3. The van der Waals surface area contributed by atoms with Gasteiger partial charge in [-0.1, -0.05) is 13.8 Å². The largest absolute Gasteiger partial charge is 0.314 e. The smallest absolute Gasteiger partial charge is 0.226 e. The highest BCUT2D eigenvalue weighted by molar-refractivity contribution is 5.90. The summed E-state index contributed by atoms with van der Waals surface area (Å²) in [6.45, 7) is 8.66. The third-order valence-corrected chi connectivity index (χ3v) is 2.42. The summed E-state index contributed by atoms with van der Waals surface area (Å²) < 4.78 is 0. The number of H-pyrrole nitrogens is 1. The molecule has 3 N–H and O–H groups in total. The molecule has 0 spiro atoms. The van der Waals surface area contributed by atoms with E-state index in [0.717, 1.165) is 11.3 Å². The zero-order chi connectivity index (χ0) is 12.1. The van der Waals surface area contributed by atoms with Crippen molar-refractivity contribution in [2.75, 3.05) is 11.9 Å². The summed E-state index contributed by atoms with van der Waals surface area (Å²) in [5.74, 6) is 0.620. The minimum Gasteiger partial charge on any atom is -0.314 e. The molecule has 90 valence electrons. The first-order chi connectivity index (χ1) is 7.50. The SMILES string of the molecule is Cc1[nH]nc(NC(=O)CCNC(C)C)c1C. The maximum Gasteiger partial charge on any atom is 0.226 e. The third kappa shape index (κ3) is 3.66. The molecule has 0 aliphatic carbocycles. The molecular formula is C11H20N4O. The highest BCUT2D eigenvalue weighted by Crippen LogP contribution is 2.13. The predicted octanol–water partition coefficient (Wildman–Crippen LogP) is 1.35. The van der Waals surface area contributed by atoms with E-state index >= 15 is 0 Å². The number of aryl methyl sites for hydroxylation is 1. The number of carbonyl (C=O) groups is 1. The topological polar surface area (TPSA) is 69.8 Å². The molecular weight excluding hydrogens is 204 g/mol. The Kier molecular flexibility index (Phi) is 4.49. The van der Waals surface area contributed by atoms with Crippen molar-refractivity contribution in [3.63, 3.8) is 0 Å². The van der Waals surface area contributed by atoms with Gasteiger partial charge in [-0.05, 0) is 13.8 Å². The molecule has 0 fully saturated rings. The maximum absolute atomic E-state index is 11.6. The quantitative estimate of drug-likeness (QED) is 0.707. The Morgan fingerprint density at radius 1 is 1.44 bits per heavy atom. The van der Waals surface area contributed by atoms with Crippen LogP contribution in [0.5, 0.6) is 0 Å². The maximum atomic E-state index is 11.6. The highest BCUT2D eigenvalue weighted by atomic mass is 16.1. The molecule has 1 aromatic heterocycles. The minimum absolute atomic E-state index is 0.0113. The number of nitrogens with zero attached hydrogens (tertiary/aromatic N) is 1. The van der Waals surface area contributed by atoms with E-state index in [0.29, 0.717) is 24.8 Å². The van der Waals surface area contributed by atoms with Crippen molar-refractivity contribution < 1.29 is 4.79 Å². The molecule has 1 rings (SSSR count). The van der Waals surface area contributed by atoms with Crippen LogP contribution >= 0.6 is 0 Å². The van der Waals surface area contributed by atoms with Crippen LogP contribution in [0.2, 0.25) is 0 Å². The van der Waals surface area contributed by atoms with Gasteiger partial charge in [-0.2, -0.15) is 5.10 Å². The van der Waals surface area contributed by atoms with Gasteiger partial charge in [0.05, 0.1) is 0 Å². The van der Waals surface area contributed by atoms with Crippen LogP contribution < -0.4 is 10.6 Å². The number of nitrogens with one attached hydrogen (secondary N) is 3. The second-order valence-electron chi connectivity index (χ2n) is 4.23. The van der Waals surface area contributed by atoms with Crippen molar-refractivity contribution in [1.29, 1.82) is 0 Å². The fraction of sp³-hybridized carbons (Fsp3) is 0.636. The third-order valence-electron chi connectivity index (χ3n) is 2.42. The summed E-state index contributed by atoms with van der Waals surface area (Å²) in [6.07, 6.45) is 0.462. The van der Waals surface area contributed by atoms with Gasteiger partial charge in [0.1, 0.15) is 0 Å². The first kappa shape index (κ1) is 12.7. The van der Waals surface area contributed by atoms with Crippen molar-refractivity contribution in [3.05, 3.63) is 11.3 Å². The van der Waals surface area contributed by atoms with Crippen LogP contribution in [-0.4, -0.2) is 28.7 Å². The van der Waals surface area contributed by atoms with E-state index in [-0.39, 0.29) is 5.91 Å². The molecule has 5 nitrogen and oxygen atoms in total. The van der Waals surface area contributed by atoms with Crippen LogP contribution in [0.25, 0.3) is 0 Å². The van der Waals surface area contributed by atoms with E-state index < -0.39 is 0 Å². The van der Waals surface area contributed by atoms with E-state index in [9.17, 15) is 4.79 Å². The Hall–Kier alpha value is -1.36. The molecule has 0 aromatic carbocycles. The first-order valence-corrected chi connectivity index (χ1v) is 5.55. The average molecular weight is 224 g/mol. The second-order valence-corrected chi connectivity index (χ2v) is 4.23. The monoisotopic (exact) mass is 224 g/mol. The number of anilines is 1. The van der Waals surface area contributed by atoms with E-state index in [1.54, 1.807) is 0 Å². The molecule has 0 atom stereocenters. The van der Waals surface area contributed by atoms with Crippen molar-refractivity contribution in [2.45, 2.75) is 40.2 Å². The number of rotatable bonds is 5. The molecule has 0 aliphatic rings. The summed E-state index contributed by atoms with van der Waals surface area (Å²) in [6, 6.07) is 0.405. The summed E-state index contributed by atoms with van der Waals surface area (Å²) in [7, 11) is 0. The van der Waals surface area contributed by atoms with E-state index in [4.69, 9.17) is 0 Å². The summed E-state index contributed by atoms with van der Waals surface area (Å²) in [4.78, 5) is 11.6. The van der Waals surface area contributed by atoms with Gasteiger partial charge in [0, 0.05) is 30.3 Å². The summed E-state index contributed by atoms with van der Waals surface area (Å²) in [5.41, 5.74) is 1.97. The summed E-state index contributed by atoms with van der Waals surface area (Å²) in [5, 5.41) is 12.8. The molecule has 1 aromatic rings. The first-order valence-electron chi connectivity index (χ1n) is 5.55. The molecule has 0 unspecified atom stereocenters. The number of carbonyl (C=O) groups excluding carboxylic acids is 1. The van der Waals surface area contributed by atoms with Crippen LogP contribution in [0.15, 0.2) is 0 Å². The van der Waals surface area contributed by atoms with Crippen molar-refractivity contribution >= 4 is 11.7 Å². The van der Waals surface area contributed by atoms with Crippen molar-refractivity contribution in [2.24, 2.45) is 0 Å². The lowest BCUT2D eigenvalue weighted by Crippen LogP contribution is -2.27. The van der Waals surface area contributed by atoms with Crippen LogP contribution in [0.3, 0.4) is 0 Å². The Bertz CT molecular complexity index is 357. The molecule has 0 radical (unpaired) electrons. The number of amides is 1. The molecule has 1 amide bonds. The minimum atomic E-state index is -0.0113. The van der Waals surface area contributed by atoms with E-state index in [1.165, 1.54) is 0 Å². The van der Waals surface area contributed by atoms with Crippen LogP contribution in [-0.2, 0) is 4.79 Å². The van der Waals surface area contributed by atoms with Crippen molar-refractivity contribution in [3.8, 4) is 0 Å². The summed E-state index contributed by atoms with van der Waals surface area (Å²) >= 11 is 0. The Morgan fingerprint density at radius 2 is 2.12 bits per heavy atom. The fourth-order valence-electron chi connectivity index (χ4n) is 1.28. The van der Waals surface area contributed by atoms with Gasteiger partial charge < -0.3 is 10.6 Å². The average Bonchev–Trinajstić information content (AvgIpc) is 2.49. The lowest BCUT2D eigenvalue weighted by molar-refractivity contribution is -0.116.